The van der Waals surface area contributed by atoms with Crippen LogP contribution in [0.5, 0.6) is 5.75 Å². The van der Waals surface area contributed by atoms with Gasteiger partial charge in [-0.2, -0.15) is 0 Å². The number of phenolic OH excluding ortho intramolecular Hbond substituents is 1. The quantitative estimate of drug-likeness (QED) is 0.597. The van der Waals surface area contributed by atoms with Gasteiger partial charge in [0, 0.05) is 35.6 Å². The SMILES string of the molecule is Oc1cccc(-c2cc3c(oc4ncccc43)c(N3CCOCC3)n2)c1. The summed E-state index contributed by atoms with van der Waals surface area (Å²) < 4.78 is 11.5. The number of furan rings is 1. The predicted molar refractivity (Wildman–Crippen MR) is 99.4 cm³/mol. The molecule has 1 aromatic carbocycles. The van der Waals surface area contributed by atoms with E-state index < -0.39 is 0 Å². The van der Waals surface area contributed by atoms with Gasteiger partial charge in [-0.3, -0.25) is 0 Å². The summed E-state index contributed by atoms with van der Waals surface area (Å²) in [6.07, 6.45) is 1.72. The number of aromatic nitrogens is 2. The lowest BCUT2D eigenvalue weighted by Gasteiger charge is -2.28. The number of fused-ring (bicyclic) bond motifs is 3. The second-order valence-electron chi connectivity index (χ2n) is 6.32. The van der Waals surface area contributed by atoms with Crippen LogP contribution in [-0.2, 0) is 4.74 Å². The minimum absolute atomic E-state index is 0.219. The fourth-order valence-corrected chi connectivity index (χ4v) is 3.40. The van der Waals surface area contributed by atoms with Crippen LogP contribution in [0.25, 0.3) is 33.3 Å². The van der Waals surface area contributed by atoms with E-state index in [1.54, 1.807) is 18.3 Å². The number of morpholine rings is 1. The number of pyridine rings is 2. The summed E-state index contributed by atoms with van der Waals surface area (Å²) in [7, 11) is 0. The first-order chi connectivity index (χ1) is 12.8. The molecule has 1 aliphatic rings. The molecular weight excluding hydrogens is 330 g/mol. The number of aromatic hydroxyl groups is 1. The van der Waals surface area contributed by atoms with Gasteiger partial charge in [-0.25, -0.2) is 9.97 Å². The van der Waals surface area contributed by atoms with Crippen LogP contribution in [0.2, 0.25) is 0 Å². The summed E-state index contributed by atoms with van der Waals surface area (Å²) in [5.74, 6) is 1.01. The maximum atomic E-state index is 9.85. The number of nitrogens with zero attached hydrogens (tertiary/aromatic N) is 3. The molecule has 0 radical (unpaired) electrons. The predicted octanol–water partition coefficient (Wildman–Crippen LogP) is 3.59. The number of rotatable bonds is 2. The Labute approximate surface area is 149 Å². The molecule has 0 atom stereocenters. The van der Waals surface area contributed by atoms with Gasteiger partial charge >= 0.3 is 0 Å². The van der Waals surface area contributed by atoms with Gasteiger partial charge in [-0.15, -0.1) is 0 Å². The van der Waals surface area contributed by atoms with Crippen molar-refractivity contribution in [3.8, 4) is 17.0 Å². The van der Waals surface area contributed by atoms with Crippen molar-refractivity contribution in [2.75, 3.05) is 31.2 Å². The average Bonchev–Trinajstić information content (AvgIpc) is 3.06. The number of anilines is 1. The number of hydrogen-bond acceptors (Lipinski definition) is 6. The monoisotopic (exact) mass is 347 g/mol. The molecule has 6 heteroatoms. The third-order valence-corrected chi connectivity index (χ3v) is 4.67. The Morgan fingerprint density at radius 2 is 1.88 bits per heavy atom. The number of phenols is 1. The Balaban J connectivity index is 1.79. The first kappa shape index (κ1) is 15.2. The fraction of sp³-hybridized carbons (Fsp3) is 0.200. The van der Waals surface area contributed by atoms with Crippen LogP contribution in [-0.4, -0.2) is 41.4 Å². The molecule has 5 rings (SSSR count). The maximum absolute atomic E-state index is 9.85. The van der Waals surface area contributed by atoms with Crippen molar-refractivity contribution >= 4 is 27.9 Å². The van der Waals surface area contributed by atoms with Crippen molar-refractivity contribution in [3.63, 3.8) is 0 Å². The van der Waals surface area contributed by atoms with Crippen molar-refractivity contribution in [2.24, 2.45) is 0 Å². The molecule has 1 saturated heterocycles. The molecule has 4 heterocycles. The van der Waals surface area contributed by atoms with E-state index in [4.69, 9.17) is 14.1 Å². The van der Waals surface area contributed by atoms with Gasteiger partial charge in [-0.05, 0) is 30.3 Å². The van der Waals surface area contributed by atoms with E-state index in [0.29, 0.717) is 18.9 Å². The zero-order valence-corrected chi connectivity index (χ0v) is 14.1. The highest BCUT2D eigenvalue weighted by molar-refractivity contribution is 6.08. The summed E-state index contributed by atoms with van der Waals surface area (Å²) in [4.78, 5) is 11.4. The van der Waals surface area contributed by atoms with Crippen LogP contribution in [0.3, 0.4) is 0 Å². The first-order valence-corrected chi connectivity index (χ1v) is 8.60. The molecule has 6 nitrogen and oxygen atoms in total. The zero-order valence-electron chi connectivity index (χ0n) is 14.1. The van der Waals surface area contributed by atoms with Crippen molar-refractivity contribution in [1.82, 2.24) is 9.97 Å². The van der Waals surface area contributed by atoms with Gasteiger partial charge in [0.25, 0.3) is 0 Å². The molecule has 0 saturated carbocycles. The summed E-state index contributed by atoms with van der Waals surface area (Å²) in [5.41, 5.74) is 3.00. The van der Waals surface area contributed by atoms with Crippen LogP contribution in [0.4, 0.5) is 5.82 Å². The van der Waals surface area contributed by atoms with E-state index in [-0.39, 0.29) is 5.75 Å². The van der Waals surface area contributed by atoms with E-state index in [0.717, 1.165) is 46.5 Å². The Bertz CT molecular complexity index is 1100. The topological polar surface area (TPSA) is 71.6 Å². The van der Waals surface area contributed by atoms with Gasteiger partial charge in [0.1, 0.15) is 5.75 Å². The van der Waals surface area contributed by atoms with Gasteiger partial charge in [0.05, 0.1) is 18.9 Å². The second-order valence-corrected chi connectivity index (χ2v) is 6.32. The van der Waals surface area contributed by atoms with Crippen LogP contribution in [0.15, 0.2) is 53.1 Å². The summed E-state index contributed by atoms with van der Waals surface area (Å²) in [5, 5.41) is 11.8. The Morgan fingerprint density at radius 3 is 2.73 bits per heavy atom. The molecule has 1 N–H and O–H groups in total. The van der Waals surface area contributed by atoms with Crippen LogP contribution in [0, 0.1) is 0 Å². The Morgan fingerprint density at radius 1 is 1.00 bits per heavy atom. The van der Waals surface area contributed by atoms with Crippen molar-refractivity contribution in [1.29, 1.82) is 0 Å². The van der Waals surface area contributed by atoms with Crippen molar-refractivity contribution in [2.45, 2.75) is 0 Å². The molecule has 0 aliphatic carbocycles. The largest absolute Gasteiger partial charge is 0.508 e. The standard InChI is InChI=1S/C20H17N3O3/c24-14-4-1-3-13(11-14)17-12-16-15-5-2-6-21-20(15)26-18(16)19(22-17)23-7-9-25-10-8-23/h1-6,11-12,24H,7-10H2. The molecular formula is C20H17N3O3. The Hall–Kier alpha value is -3.12. The third kappa shape index (κ3) is 2.46. The molecule has 0 amide bonds. The summed E-state index contributed by atoms with van der Waals surface area (Å²) in [6, 6.07) is 13.0. The van der Waals surface area contributed by atoms with E-state index in [1.807, 2.05) is 30.3 Å². The number of benzene rings is 1. The zero-order chi connectivity index (χ0) is 17.5. The third-order valence-electron chi connectivity index (χ3n) is 4.67. The highest BCUT2D eigenvalue weighted by Crippen LogP contribution is 2.36. The fourth-order valence-electron chi connectivity index (χ4n) is 3.40. The highest BCUT2D eigenvalue weighted by Gasteiger charge is 2.21. The first-order valence-electron chi connectivity index (χ1n) is 8.60. The normalized spacial score (nSPS) is 15.0. The lowest BCUT2D eigenvalue weighted by atomic mass is 10.1. The molecule has 4 aromatic rings. The number of ether oxygens (including phenoxy) is 1. The minimum Gasteiger partial charge on any atom is -0.508 e. The maximum Gasteiger partial charge on any atom is 0.227 e. The summed E-state index contributed by atoms with van der Waals surface area (Å²) >= 11 is 0. The molecule has 0 bridgehead atoms. The molecule has 1 fully saturated rings. The average molecular weight is 347 g/mol. The van der Waals surface area contributed by atoms with Crippen LogP contribution in [0.1, 0.15) is 0 Å². The van der Waals surface area contributed by atoms with Gasteiger partial charge in [0.2, 0.25) is 5.71 Å². The molecule has 1 aliphatic heterocycles. The molecule has 0 unspecified atom stereocenters. The van der Waals surface area contributed by atoms with Gasteiger partial charge in [0.15, 0.2) is 11.4 Å². The van der Waals surface area contributed by atoms with Gasteiger partial charge in [-0.1, -0.05) is 12.1 Å². The van der Waals surface area contributed by atoms with E-state index in [9.17, 15) is 5.11 Å². The molecule has 0 spiro atoms. The van der Waals surface area contributed by atoms with E-state index in [1.165, 1.54) is 0 Å². The lowest BCUT2D eigenvalue weighted by Crippen LogP contribution is -2.36. The molecule has 26 heavy (non-hydrogen) atoms. The second kappa shape index (κ2) is 6.00. The van der Waals surface area contributed by atoms with Crippen LogP contribution >= 0.6 is 0 Å². The Kier molecular flexibility index (Phi) is 3.50. The lowest BCUT2D eigenvalue weighted by molar-refractivity contribution is 0.122. The van der Waals surface area contributed by atoms with E-state index >= 15 is 0 Å². The van der Waals surface area contributed by atoms with Crippen molar-refractivity contribution < 1.29 is 14.3 Å². The van der Waals surface area contributed by atoms with Crippen molar-refractivity contribution in [3.05, 3.63) is 48.7 Å². The smallest absolute Gasteiger partial charge is 0.227 e. The van der Waals surface area contributed by atoms with Gasteiger partial charge < -0.3 is 19.2 Å². The molecule has 3 aromatic heterocycles. The highest BCUT2D eigenvalue weighted by atomic mass is 16.5. The molecule has 130 valence electrons. The minimum atomic E-state index is 0.219. The summed E-state index contributed by atoms with van der Waals surface area (Å²) in [6.45, 7) is 2.85. The number of hydrogen-bond donors (Lipinski definition) is 1. The van der Waals surface area contributed by atoms with E-state index in [2.05, 4.69) is 9.88 Å². The van der Waals surface area contributed by atoms with Crippen LogP contribution < -0.4 is 4.90 Å².